The van der Waals surface area contributed by atoms with E-state index >= 15 is 0 Å². The molecule has 0 aliphatic heterocycles. The molecule has 4 aromatic carbocycles. The van der Waals surface area contributed by atoms with E-state index in [-0.39, 0.29) is 37.2 Å². The van der Waals surface area contributed by atoms with Crippen LogP contribution in [-0.2, 0) is 38.9 Å². The predicted octanol–water partition coefficient (Wildman–Crippen LogP) is -1.70. The Balaban J connectivity index is 0.00000433. The van der Waals surface area contributed by atoms with E-state index in [2.05, 4.69) is 125 Å². The molecule has 0 amide bonds. The summed E-state index contributed by atoms with van der Waals surface area (Å²) in [5, 5.41) is 7.62. The molecule has 0 aromatic heterocycles. The first-order chi connectivity index (χ1) is 23.8. The smallest absolute Gasteiger partial charge is 0.101 e. The Kier molecular flexibility index (Phi) is 28.5. The molecular weight excluding hydrogens is 689 g/mol. The lowest BCUT2D eigenvalue weighted by atomic mass is 10.0. The Hall–Kier alpha value is -2.37. The van der Waals surface area contributed by atoms with Crippen LogP contribution in [0.2, 0.25) is 0 Å². The van der Waals surface area contributed by atoms with Crippen LogP contribution in [0.5, 0.6) is 0 Å². The quantitative estimate of drug-likeness (QED) is 0.0610. The monoisotopic (exact) mass is 753 g/mol. The number of rotatable bonds is 27. The van der Waals surface area contributed by atoms with Crippen molar-refractivity contribution in [2.75, 3.05) is 19.6 Å². The van der Waals surface area contributed by atoms with E-state index in [4.69, 9.17) is 0 Å². The minimum absolute atomic E-state index is 0. The molecule has 0 unspecified atom stereocenters. The predicted molar refractivity (Wildman–Crippen MR) is 204 cm³/mol. The number of nitrogens with two attached hydrogens (primary N) is 3. The number of halogens is 3. The number of hydrogen-bond acceptors (Lipinski definition) is 0. The second kappa shape index (κ2) is 31.2. The Labute approximate surface area is 329 Å². The fraction of sp³-hybridized carbons (Fsp3) is 0.467. The van der Waals surface area contributed by atoms with Crippen molar-refractivity contribution in [3.63, 3.8) is 0 Å². The van der Waals surface area contributed by atoms with Gasteiger partial charge in [0.05, 0.1) is 19.6 Å². The van der Waals surface area contributed by atoms with E-state index < -0.39 is 0 Å². The fourth-order valence-electron chi connectivity index (χ4n) is 6.85. The van der Waals surface area contributed by atoms with Gasteiger partial charge in [-0.25, -0.2) is 0 Å². The maximum Gasteiger partial charge on any atom is 0.101 e. The minimum Gasteiger partial charge on any atom is -1.00 e. The maximum atomic E-state index is 2.54. The van der Waals surface area contributed by atoms with Crippen molar-refractivity contribution in [1.82, 2.24) is 0 Å². The van der Waals surface area contributed by atoms with E-state index in [0.717, 1.165) is 19.6 Å². The SMILES string of the molecule is [Cl-].[Cl-].[Cl-].c1ccc(CCCCCC[NH2+]Cc2cc(C[NH2+]CCCCCCc3ccccc3)cc(C[NH2+]CCCCCCc3ccccc3)c2)cc1. The number of aryl methyl sites for hydroxylation is 3. The second-order valence-electron chi connectivity index (χ2n) is 14.0. The Morgan fingerprint density at radius 1 is 0.275 bits per heavy atom. The van der Waals surface area contributed by atoms with Crippen LogP contribution in [0.4, 0.5) is 0 Å². The van der Waals surface area contributed by atoms with Gasteiger partial charge in [-0.15, -0.1) is 0 Å². The summed E-state index contributed by atoms with van der Waals surface area (Å²) in [4.78, 5) is 0. The highest BCUT2D eigenvalue weighted by Gasteiger charge is 2.07. The lowest BCUT2D eigenvalue weighted by Gasteiger charge is -2.10. The fourth-order valence-corrected chi connectivity index (χ4v) is 6.85. The molecule has 0 aliphatic carbocycles. The van der Waals surface area contributed by atoms with Gasteiger partial charge in [0.2, 0.25) is 0 Å². The summed E-state index contributed by atoms with van der Waals surface area (Å²) < 4.78 is 0. The minimum atomic E-state index is 0. The van der Waals surface area contributed by atoms with Crippen molar-refractivity contribution >= 4 is 0 Å². The molecule has 4 aromatic rings. The van der Waals surface area contributed by atoms with Gasteiger partial charge < -0.3 is 53.2 Å². The molecule has 0 radical (unpaired) electrons. The lowest BCUT2D eigenvalue weighted by molar-refractivity contribution is -0.672. The van der Waals surface area contributed by atoms with Gasteiger partial charge >= 0.3 is 0 Å². The van der Waals surface area contributed by atoms with Crippen LogP contribution >= 0.6 is 0 Å². The maximum absolute atomic E-state index is 2.54. The average Bonchev–Trinajstić information content (AvgIpc) is 3.13. The van der Waals surface area contributed by atoms with Crippen molar-refractivity contribution in [3.8, 4) is 0 Å². The molecule has 0 atom stereocenters. The van der Waals surface area contributed by atoms with Crippen LogP contribution in [-0.4, -0.2) is 19.6 Å². The summed E-state index contributed by atoms with van der Waals surface area (Å²) in [6.07, 6.45) is 19.6. The summed E-state index contributed by atoms with van der Waals surface area (Å²) in [7, 11) is 0. The Morgan fingerprint density at radius 3 is 0.804 bits per heavy atom. The third kappa shape index (κ3) is 22.3. The van der Waals surface area contributed by atoms with Gasteiger partial charge in [0, 0.05) is 16.7 Å². The van der Waals surface area contributed by atoms with E-state index in [1.54, 1.807) is 0 Å². The van der Waals surface area contributed by atoms with Gasteiger partial charge in [-0.2, -0.15) is 0 Å². The highest BCUT2D eigenvalue weighted by atomic mass is 35.5. The molecule has 6 N–H and O–H groups in total. The van der Waals surface area contributed by atoms with Crippen LogP contribution < -0.4 is 53.2 Å². The zero-order chi connectivity index (χ0) is 33.2. The molecule has 6 heteroatoms. The summed E-state index contributed by atoms with van der Waals surface area (Å²) in [6.45, 7) is 7.02. The van der Waals surface area contributed by atoms with Crippen LogP contribution in [0, 0.1) is 0 Å². The molecule has 0 fully saturated rings. The van der Waals surface area contributed by atoms with Crippen molar-refractivity contribution in [3.05, 3.63) is 143 Å². The van der Waals surface area contributed by atoms with Gasteiger partial charge in [-0.3, -0.25) is 0 Å². The second-order valence-corrected chi connectivity index (χ2v) is 14.0. The molecule has 0 saturated carbocycles. The number of quaternary nitrogens is 3. The Bertz CT molecular complexity index is 1160. The van der Waals surface area contributed by atoms with E-state index in [9.17, 15) is 0 Å². The van der Waals surface area contributed by atoms with Gasteiger partial charge in [-0.1, -0.05) is 110 Å². The first-order valence-electron chi connectivity index (χ1n) is 19.5. The number of unbranched alkanes of at least 4 members (excludes halogenated alkanes) is 9. The van der Waals surface area contributed by atoms with Crippen LogP contribution in [0.3, 0.4) is 0 Å². The summed E-state index contributed by atoms with van der Waals surface area (Å²) in [6, 6.07) is 40.3. The average molecular weight is 755 g/mol. The number of benzene rings is 4. The number of hydrogen-bond donors (Lipinski definition) is 3. The molecule has 0 spiro atoms. The molecule has 4 rings (SSSR count). The van der Waals surface area contributed by atoms with Crippen molar-refractivity contribution in [1.29, 1.82) is 0 Å². The van der Waals surface area contributed by atoms with Gasteiger partial charge in [0.25, 0.3) is 0 Å². The molecular formula is C45H66Cl3N3. The molecule has 0 aliphatic rings. The van der Waals surface area contributed by atoms with Gasteiger partial charge in [0.1, 0.15) is 19.6 Å². The first-order valence-corrected chi connectivity index (χ1v) is 19.5. The summed E-state index contributed by atoms with van der Waals surface area (Å²) in [5.41, 5.74) is 8.96. The van der Waals surface area contributed by atoms with Crippen molar-refractivity contribution in [2.24, 2.45) is 0 Å². The van der Waals surface area contributed by atoms with Crippen molar-refractivity contribution < 1.29 is 53.2 Å². The molecule has 0 saturated heterocycles. The van der Waals surface area contributed by atoms with Crippen LogP contribution in [0.25, 0.3) is 0 Å². The van der Waals surface area contributed by atoms with Gasteiger partial charge in [0.15, 0.2) is 0 Å². The molecule has 51 heavy (non-hydrogen) atoms. The third-order valence-electron chi connectivity index (χ3n) is 9.65. The molecule has 0 heterocycles. The van der Waals surface area contributed by atoms with Crippen LogP contribution in [0.15, 0.2) is 109 Å². The highest BCUT2D eigenvalue weighted by molar-refractivity contribution is 5.29. The zero-order valence-electron chi connectivity index (χ0n) is 31.1. The topological polar surface area (TPSA) is 49.8 Å². The molecule has 3 nitrogen and oxygen atoms in total. The van der Waals surface area contributed by atoms with Crippen LogP contribution in [0.1, 0.15) is 110 Å². The third-order valence-corrected chi connectivity index (χ3v) is 9.65. The van der Waals surface area contributed by atoms with E-state index in [1.807, 2.05) is 0 Å². The van der Waals surface area contributed by atoms with Crippen molar-refractivity contribution in [2.45, 2.75) is 116 Å². The van der Waals surface area contributed by atoms with E-state index in [0.29, 0.717) is 0 Å². The highest BCUT2D eigenvalue weighted by Crippen LogP contribution is 2.11. The molecule has 0 bridgehead atoms. The first kappa shape index (κ1) is 46.7. The molecule has 282 valence electrons. The standard InChI is InChI=1S/C45H63N3.3ClH/c1(10-22-40-25-13-7-14-26-40)4-19-31-46-37-43-34-44(38-47-32-20-5-2-11-23-41-27-15-8-16-28-41)36-45(35-43)39-48-33-21-6-3-12-24-42-29-17-9-18-30-42;;;/h7-9,13-18,25-30,34-36,46-48H,1-6,10-12,19-24,31-33,37-39H2;3*1H. The lowest BCUT2D eigenvalue weighted by Crippen LogP contribution is -3.00. The van der Waals surface area contributed by atoms with E-state index in [1.165, 1.54) is 149 Å². The zero-order valence-corrected chi connectivity index (χ0v) is 33.4. The summed E-state index contributed by atoms with van der Waals surface area (Å²) >= 11 is 0. The normalized spacial score (nSPS) is 10.6. The largest absolute Gasteiger partial charge is 1.00 e. The summed E-state index contributed by atoms with van der Waals surface area (Å²) in [5.74, 6) is 0. The Morgan fingerprint density at radius 2 is 0.529 bits per heavy atom. The van der Waals surface area contributed by atoms with Gasteiger partial charge in [-0.05, 0) is 112 Å².